The molecule has 1 saturated heterocycles. The molecule has 0 bridgehead atoms. The van der Waals surface area contributed by atoms with Crippen LogP contribution in [0, 0.1) is 0 Å². The first-order chi connectivity index (χ1) is 9.26. The van der Waals surface area contributed by atoms with Crippen LogP contribution in [-0.4, -0.2) is 24.3 Å². The molecule has 0 radical (unpaired) electrons. The number of hydrogen-bond donors (Lipinski definition) is 1. The van der Waals surface area contributed by atoms with Gasteiger partial charge in [0.25, 0.3) is 0 Å². The number of nitrogens with one attached hydrogen (secondary N) is 1. The SMILES string of the molecule is CC(=CCCNC1CC1)CC1CCC2(CCCC2)O1. The van der Waals surface area contributed by atoms with Gasteiger partial charge in [-0.3, -0.25) is 0 Å². The van der Waals surface area contributed by atoms with E-state index in [1.165, 1.54) is 63.4 Å². The molecule has 0 aromatic carbocycles. The van der Waals surface area contributed by atoms with E-state index in [1.54, 1.807) is 0 Å². The highest BCUT2D eigenvalue weighted by atomic mass is 16.5. The molecular weight excluding hydrogens is 234 g/mol. The average Bonchev–Trinajstić information content (AvgIpc) is 2.98. The molecule has 3 rings (SSSR count). The van der Waals surface area contributed by atoms with E-state index in [-0.39, 0.29) is 0 Å². The molecule has 1 aliphatic heterocycles. The summed E-state index contributed by atoms with van der Waals surface area (Å²) in [6.45, 7) is 3.43. The van der Waals surface area contributed by atoms with Gasteiger partial charge in [-0.05, 0) is 64.8 Å². The molecule has 2 nitrogen and oxygen atoms in total. The lowest BCUT2D eigenvalue weighted by Crippen LogP contribution is -2.24. The van der Waals surface area contributed by atoms with E-state index < -0.39 is 0 Å². The van der Waals surface area contributed by atoms with Crippen molar-refractivity contribution in [3.8, 4) is 0 Å². The standard InChI is InChI=1S/C17H29NO/c1-14(5-4-12-18-15-6-7-15)13-16-8-11-17(19-16)9-2-3-10-17/h5,15-16,18H,2-4,6-13H2,1H3. The van der Waals surface area contributed by atoms with Crippen molar-refractivity contribution >= 4 is 0 Å². The van der Waals surface area contributed by atoms with Gasteiger partial charge in [0, 0.05) is 6.04 Å². The van der Waals surface area contributed by atoms with Crippen LogP contribution < -0.4 is 5.32 Å². The van der Waals surface area contributed by atoms with E-state index in [4.69, 9.17) is 4.74 Å². The maximum absolute atomic E-state index is 6.38. The number of ether oxygens (including phenoxy) is 1. The number of hydrogen-bond acceptors (Lipinski definition) is 2. The molecular formula is C17H29NO. The fourth-order valence-corrected chi connectivity index (χ4v) is 3.76. The summed E-state index contributed by atoms with van der Waals surface area (Å²) in [6.07, 6.45) is 16.0. The molecule has 1 N–H and O–H groups in total. The van der Waals surface area contributed by atoms with E-state index in [1.807, 2.05) is 0 Å². The van der Waals surface area contributed by atoms with Crippen LogP contribution in [0.5, 0.6) is 0 Å². The van der Waals surface area contributed by atoms with Gasteiger partial charge in [-0.25, -0.2) is 0 Å². The Bertz CT molecular complexity index is 326. The lowest BCUT2D eigenvalue weighted by molar-refractivity contribution is -0.0354. The molecule has 2 heteroatoms. The normalized spacial score (nSPS) is 30.4. The van der Waals surface area contributed by atoms with Gasteiger partial charge in [0.1, 0.15) is 0 Å². The van der Waals surface area contributed by atoms with Gasteiger partial charge >= 0.3 is 0 Å². The first kappa shape index (κ1) is 13.6. The topological polar surface area (TPSA) is 21.3 Å². The summed E-state index contributed by atoms with van der Waals surface area (Å²) in [7, 11) is 0. The molecule has 2 saturated carbocycles. The van der Waals surface area contributed by atoms with Gasteiger partial charge in [0.2, 0.25) is 0 Å². The largest absolute Gasteiger partial charge is 0.371 e. The summed E-state index contributed by atoms with van der Waals surface area (Å²) in [6, 6.07) is 0.842. The number of rotatable bonds is 6. The molecule has 1 spiro atoms. The van der Waals surface area contributed by atoms with E-state index in [0.717, 1.165) is 19.0 Å². The van der Waals surface area contributed by atoms with Crippen molar-refractivity contribution in [1.29, 1.82) is 0 Å². The first-order valence-electron chi connectivity index (χ1n) is 8.33. The molecule has 1 unspecified atom stereocenters. The third-order valence-corrected chi connectivity index (χ3v) is 5.05. The second-order valence-electron chi connectivity index (χ2n) is 6.94. The highest BCUT2D eigenvalue weighted by Gasteiger charge is 2.41. The van der Waals surface area contributed by atoms with Crippen molar-refractivity contribution < 1.29 is 4.74 Å². The Morgan fingerprint density at radius 3 is 2.74 bits per heavy atom. The van der Waals surface area contributed by atoms with Crippen molar-refractivity contribution in [3.05, 3.63) is 11.6 Å². The minimum atomic E-state index is 0.304. The first-order valence-corrected chi connectivity index (χ1v) is 8.33. The fraction of sp³-hybridized carbons (Fsp3) is 0.882. The van der Waals surface area contributed by atoms with Crippen LogP contribution in [0.2, 0.25) is 0 Å². The molecule has 2 aliphatic carbocycles. The highest BCUT2D eigenvalue weighted by Crippen LogP contribution is 2.44. The maximum atomic E-state index is 6.38. The molecule has 1 heterocycles. The van der Waals surface area contributed by atoms with Gasteiger partial charge in [-0.1, -0.05) is 24.5 Å². The van der Waals surface area contributed by atoms with E-state index >= 15 is 0 Å². The molecule has 0 amide bonds. The minimum absolute atomic E-state index is 0.304. The summed E-state index contributed by atoms with van der Waals surface area (Å²) in [5, 5.41) is 3.57. The fourth-order valence-electron chi connectivity index (χ4n) is 3.76. The zero-order valence-corrected chi connectivity index (χ0v) is 12.4. The third-order valence-electron chi connectivity index (χ3n) is 5.05. The van der Waals surface area contributed by atoms with Crippen LogP contribution in [0.1, 0.15) is 71.1 Å². The summed E-state index contributed by atoms with van der Waals surface area (Å²) in [5.41, 5.74) is 1.83. The summed E-state index contributed by atoms with van der Waals surface area (Å²) in [4.78, 5) is 0. The van der Waals surface area contributed by atoms with Gasteiger partial charge in [-0.15, -0.1) is 0 Å². The summed E-state index contributed by atoms with van der Waals surface area (Å²) in [5.74, 6) is 0. The Morgan fingerprint density at radius 1 is 1.21 bits per heavy atom. The maximum Gasteiger partial charge on any atom is 0.0687 e. The van der Waals surface area contributed by atoms with Crippen molar-refractivity contribution in [1.82, 2.24) is 5.32 Å². The second-order valence-corrected chi connectivity index (χ2v) is 6.94. The third kappa shape index (κ3) is 3.82. The summed E-state index contributed by atoms with van der Waals surface area (Å²) >= 11 is 0. The zero-order chi connectivity index (χ0) is 13.1. The monoisotopic (exact) mass is 263 g/mol. The van der Waals surface area contributed by atoms with Crippen LogP contribution in [0.15, 0.2) is 11.6 Å². The van der Waals surface area contributed by atoms with E-state index in [2.05, 4.69) is 18.3 Å². The minimum Gasteiger partial charge on any atom is -0.371 e. The molecule has 0 aromatic heterocycles. The van der Waals surface area contributed by atoms with Gasteiger partial charge < -0.3 is 10.1 Å². The van der Waals surface area contributed by atoms with Crippen molar-refractivity contribution in [2.75, 3.05) is 6.54 Å². The molecule has 3 aliphatic rings. The van der Waals surface area contributed by atoms with Gasteiger partial charge in [0.05, 0.1) is 11.7 Å². The van der Waals surface area contributed by atoms with Gasteiger partial charge in [0.15, 0.2) is 0 Å². The van der Waals surface area contributed by atoms with Crippen LogP contribution in [0.25, 0.3) is 0 Å². The smallest absolute Gasteiger partial charge is 0.0687 e. The quantitative estimate of drug-likeness (QED) is 0.578. The Kier molecular flexibility index (Phi) is 4.28. The molecule has 3 fully saturated rings. The lowest BCUT2D eigenvalue weighted by atomic mass is 9.97. The van der Waals surface area contributed by atoms with Crippen LogP contribution in [0.4, 0.5) is 0 Å². The Morgan fingerprint density at radius 2 is 2.00 bits per heavy atom. The van der Waals surface area contributed by atoms with E-state index in [9.17, 15) is 0 Å². The van der Waals surface area contributed by atoms with Crippen LogP contribution in [-0.2, 0) is 4.74 Å². The predicted octanol–water partition coefficient (Wildman–Crippen LogP) is 3.96. The highest BCUT2D eigenvalue weighted by molar-refractivity contribution is 5.03. The molecule has 108 valence electrons. The van der Waals surface area contributed by atoms with Crippen molar-refractivity contribution in [2.45, 2.75) is 88.9 Å². The Hall–Kier alpha value is -0.340. The predicted molar refractivity (Wildman–Crippen MR) is 79.3 cm³/mol. The van der Waals surface area contributed by atoms with Gasteiger partial charge in [-0.2, -0.15) is 0 Å². The lowest BCUT2D eigenvalue weighted by Gasteiger charge is -2.23. The van der Waals surface area contributed by atoms with E-state index in [0.29, 0.717) is 11.7 Å². The second kappa shape index (κ2) is 5.97. The molecule has 19 heavy (non-hydrogen) atoms. The van der Waals surface area contributed by atoms with Crippen molar-refractivity contribution in [2.24, 2.45) is 0 Å². The zero-order valence-electron chi connectivity index (χ0n) is 12.4. The summed E-state index contributed by atoms with van der Waals surface area (Å²) < 4.78 is 6.38. The van der Waals surface area contributed by atoms with Crippen LogP contribution >= 0.6 is 0 Å². The average molecular weight is 263 g/mol. The van der Waals surface area contributed by atoms with Crippen molar-refractivity contribution in [3.63, 3.8) is 0 Å². The Balaban J connectivity index is 1.37. The van der Waals surface area contributed by atoms with Crippen LogP contribution in [0.3, 0.4) is 0 Å². The Labute approximate surface area is 118 Å². The molecule has 0 aromatic rings. The molecule has 1 atom stereocenters.